The third-order valence-corrected chi connectivity index (χ3v) is 3.24. The summed E-state index contributed by atoms with van der Waals surface area (Å²) in [5.41, 5.74) is 2.64. The molecule has 0 saturated heterocycles. The Morgan fingerprint density at radius 2 is 1.65 bits per heavy atom. The van der Waals surface area contributed by atoms with Gasteiger partial charge in [-0.15, -0.1) is 10.2 Å². The number of rotatable bonds is 3. The van der Waals surface area contributed by atoms with Crippen molar-refractivity contribution in [3.8, 4) is 5.88 Å². The molecule has 1 heterocycles. The van der Waals surface area contributed by atoms with Gasteiger partial charge in [-0.3, -0.25) is 0 Å². The third-order valence-electron chi connectivity index (χ3n) is 3.24. The SMILES string of the molecule is COc1ccc(C(O)c2ccc(C(C)(C)C)cc2)nn1. The van der Waals surface area contributed by atoms with Crippen LogP contribution in [0.25, 0.3) is 0 Å². The predicted octanol–water partition coefficient (Wildman–Crippen LogP) is 2.86. The largest absolute Gasteiger partial charge is 0.480 e. The summed E-state index contributed by atoms with van der Waals surface area (Å²) < 4.78 is 4.95. The van der Waals surface area contributed by atoms with Crippen molar-refractivity contribution in [2.45, 2.75) is 32.3 Å². The van der Waals surface area contributed by atoms with Gasteiger partial charge in [-0.2, -0.15) is 0 Å². The molecule has 4 heteroatoms. The molecule has 0 aliphatic heterocycles. The first-order valence-corrected chi connectivity index (χ1v) is 6.58. The molecule has 20 heavy (non-hydrogen) atoms. The molecule has 0 spiro atoms. The van der Waals surface area contributed by atoms with Gasteiger partial charge in [0.2, 0.25) is 5.88 Å². The van der Waals surface area contributed by atoms with E-state index in [4.69, 9.17) is 4.74 Å². The van der Waals surface area contributed by atoms with E-state index in [0.29, 0.717) is 11.6 Å². The smallest absolute Gasteiger partial charge is 0.233 e. The molecule has 2 aromatic rings. The Bertz CT molecular complexity index is 557. The van der Waals surface area contributed by atoms with Gasteiger partial charge in [0, 0.05) is 6.07 Å². The number of benzene rings is 1. The lowest BCUT2D eigenvalue weighted by atomic mass is 9.86. The average Bonchev–Trinajstić information content (AvgIpc) is 2.46. The summed E-state index contributed by atoms with van der Waals surface area (Å²) in [5.74, 6) is 0.434. The number of aromatic nitrogens is 2. The van der Waals surface area contributed by atoms with Gasteiger partial charge in [0.25, 0.3) is 0 Å². The summed E-state index contributed by atoms with van der Waals surface area (Å²) in [5, 5.41) is 18.1. The molecule has 1 N–H and O–H groups in total. The molecule has 1 aromatic carbocycles. The van der Waals surface area contributed by atoms with E-state index < -0.39 is 6.10 Å². The van der Waals surface area contributed by atoms with Crippen molar-refractivity contribution in [3.63, 3.8) is 0 Å². The quantitative estimate of drug-likeness (QED) is 0.933. The maximum absolute atomic E-state index is 10.3. The van der Waals surface area contributed by atoms with Crippen LogP contribution in [-0.2, 0) is 5.41 Å². The van der Waals surface area contributed by atoms with Crippen molar-refractivity contribution in [2.75, 3.05) is 7.11 Å². The van der Waals surface area contributed by atoms with Crippen LogP contribution in [0.5, 0.6) is 5.88 Å². The van der Waals surface area contributed by atoms with Gasteiger partial charge in [0.1, 0.15) is 6.10 Å². The molecule has 1 unspecified atom stereocenters. The van der Waals surface area contributed by atoms with E-state index in [9.17, 15) is 5.11 Å². The highest BCUT2D eigenvalue weighted by Crippen LogP contribution is 2.26. The number of hydrogen-bond acceptors (Lipinski definition) is 4. The number of hydrogen-bond donors (Lipinski definition) is 1. The minimum Gasteiger partial charge on any atom is -0.480 e. The summed E-state index contributed by atoms with van der Waals surface area (Å²) in [4.78, 5) is 0. The number of nitrogens with zero attached hydrogens (tertiary/aromatic N) is 2. The second kappa shape index (κ2) is 5.59. The molecule has 0 bridgehead atoms. The Hall–Kier alpha value is -1.94. The first kappa shape index (κ1) is 14.5. The first-order chi connectivity index (χ1) is 9.41. The molecule has 1 aromatic heterocycles. The van der Waals surface area contributed by atoms with Gasteiger partial charge >= 0.3 is 0 Å². The maximum atomic E-state index is 10.3. The maximum Gasteiger partial charge on any atom is 0.233 e. The lowest BCUT2D eigenvalue weighted by Crippen LogP contribution is -2.11. The summed E-state index contributed by atoms with van der Waals surface area (Å²) in [7, 11) is 1.53. The Balaban J connectivity index is 2.22. The van der Waals surface area contributed by atoms with E-state index in [2.05, 4.69) is 31.0 Å². The zero-order valence-electron chi connectivity index (χ0n) is 12.3. The molecule has 0 aliphatic carbocycles. The Morgan fingerprint density at radius 1 is 1.00 bits per heavy atom. The van der Waals surface area contributed by atoms with Gasteiger partial charge in [0.15, 0.2) is 0 Å². The van der Waals surface area contributed by atoms with Gasteiger partial charge in [-0.25, -0.2) is 0 Å². The van der Waals surface area contributed by atoms with E-state index in [1.807, 2.05) is 24.3 Å². The van der Waals surface area contributed by atoms with Crippen molar-refractivity contribution in [1.29, 1.82) is 0 Å². The lowest BCUT2D eigenvalue weighted by Gasteiger charge is -2.20. The average molecular weight is 272 g/mol. The number of ether oxygens (including phenoxy) is 1. The number of methoxy groups -OCH3 is 1. The summed E-state index contributed by atoms with van der Waals surface area (Å²) in [6.07, 6.45) is -0.776. The molecule has 0 fully saturated rings. The Kier molecular flexibility index (Phi) is 4.04. The predicted molar refractivity (Wildman–Crippen MR) is 77.8 cm³/mol. The van der Waals surface area contributed by atoms with E-state index in [-0.39, 0.29) is 5.41 Å². The Morgan fingerprint density at radius 3 is 2.10 bits per heavy atom. The molecule has 0 aliphatic rings. The first-order valence-electron chi connectivity index (χ1n) is 6.58. The van der Waals surface area contributed by atoms with Crippen LogP contribution in [0.15, 0.2) is 36.4 Å². The van der Waals surface area contributed by atoms with Crippen molar-refractivity contribution in [2.24, 2.45) is 0 Å². The molecular weight excluding hydrogens is 252 g/mol. The van der Waals surface area contributed by atoms with Crippen LogP contribution in [0, 0.1) is 0 Å². The van der Waals surface area contributed by atoms with E-state index in [1.54, 1.807) is 12.1 Å². The second-order valence-electron chi connectivity index (χ2n) is 5.78. The van der Waals surface area contributed by atoms with Crippen LogP contribution in [0.3, 0.4) is 0 Å². The van der Waals surface area contributed by atoms with E-state index in [1.165, 1.54) is 12.7 Å². The Labute approximate surface area is 119 Å². The van der Waals surface area contributed by atoms with Crippen LogP contribution in [-0.4, -0.2) is 22.4 Å². The van der Waals surface area contributed by atoms with Crippen molar-refractivity contribution in [1.82, 2.24) is 10.2 Å². The topological polar surface area (TPSA) is 55.2 Å². The van der Waals surface area contributed by atoms with Gasteiger partial charge < -0.3 is 9.84 Å². The van der Waals surface area contributed by atoms with Crippen LogP contribution < -0.4 is 4.74 Å². The van der Waals surface area contributed by atoms with Crippen LogP contribution in [0.4, 0.5) is 0 Å². The number of aliphatic hydroxyl groups excluding tert-OH is 1. The third kappa shape index (κ3) is 3.14. The molecule has 106 valence electrons. The molecule has 0 radical (unpaired) electrons. The summed E-state index contributed by atoms with van der Waals surface area (Å²) in [6, 6.07) is 11.3. The standard InChI is InChI=1S/C16H20N2O2/c1-16(2,3)12-7-5-11(6-8-12)15(19)13-9-10-14(20-4)18-17-13/h5-10,15,19H,1-4H3. The van der Waals surface area contributed by atoms with Gasteiger partial charge in [-0.05, 0) is 22.6 Å². The fraction of sp³-hybridized carbons (Fsp3) is 0.375. The van der Waals surface area contributed by atoms with Crippen LogP contribution >= 0.6 is 0 Å². The highest BCUT2D eigenvalue weighted by molar-refractivity contribution is 5.32. The molecule has 0 saturated carbocycles. The zero-order valence-corrected chi connectivity index (χ0v) is 12.3. The molecule has 0 amide bonds. The van der Waals surface area contributed by atoms with Crippen molar-refractivity contribution < 1.29 is 9.84 Å². The van der Waals surface area contributed by atoms with Gasteiger partial charge in [0.05, 0.1) is 12.8 Å². The fourth-order valence-corrected chi connectivity index (χ4v) is 1.92. The highest BCUT2D eigenvalue weighted by Gasteiger charge is 2.16. The minimum absolute atomic E-state index is 0.101. The normalized spacial score (nSPS) is 13.1. The number of aliphatic hydroxyl groups is 1. The molecule has 1 atom stereocenters. The van der Waals surface area contributed by atoms with Crippen LogP contribution in [0.1, 0.15) is 43.7 Å². The lowest BCUT2D eigenvalue weighted by molar-refractivity contribution is 0.213. The molecule has 2 rings (SSSR count). The molecular formula is C16H20N2O2. The summed E-state index contributed by atoms with van der Waals surface area (Å²) in [6.45, 7) is 6.48. The second-order valence-corrected chi connectivity index (χ2v) is 5.78. The van der Waals surface area contributed by atoms with Crippen LogP contribution in [0.2, 0.25) is 0 Å². The van der Waals surface area contributed by atoms with Gasteiger partial charge in [-0.1, -0.05) is 45.0 Å². The van der Waals surface area contributed by atoms with E-state index >= 15 is 0 Å². The van der Waals surface area contributed by atoms with E-state index in [0.717, 1.165) is 5.56 Å². The summed E-state index contributed by atoms with van der Waals surface area (Å²) >= 11 is 0. The monoisotopic (exact) mass is 272 g/mol. The zero-order chi connectivity index (χ0) is 14.8. The fourth-order valence-electron chi connectivity index (χ4n) is 1.92. The minimum atomic E-state index is -0.776. The van der Waals surface area contributed by atoms with Crippen molar-refractivity contribution in [3.05, 3.63) is 53.2 Å². The van der Waals surface area contributed by atoms with Crippen molar-refractivity contribution >= 4 is 0 Å². The highest BCUT2D eigenvalue weighted by atomic mass is 16.5. The molecule has 4 nitrogen and oxygen atoms in total.